The van der Waals surface area contributed by atoms with E-state index in [1.165, 1.54) is 0 Å². The first-order chi connectivity index (χ1) is 10.1. The van der Waals surface area contributed by atoms with E-state index in [1.54, 1.807) is 23.1 Å². The van der Waals surface area contributed by atoms with E-state index in [2.05, 4.69) is 6.92 Å². The monoisotopic (exact) mass is 282 g/mol. The molecule has 3 rings (SSSR count). The van der Waals surface area contributed by atoms with Crippen LogP contribution in [0.2, 0.25) is 0 Å². The second-order valence-electron chi connectivity index (χ2n) is 5.60. The maximum Gasteiger partial charge on any atom is 0.262 e. The van der Waals surface area contributed by atoms with Crippen LogP contribution >= 0.6 is 0 Å². The Morgan fingerprint density at radius 1 is 1.24 bits per heavy atom. The number of phenols is 1. The molecule has 108 valence electrons. The van der Waals surface area contributed by atoms with Gasteiger partial charge in [-0.3, -0.25) is 4.79 Å². The van der Waals surface area contributed by atoms with Gasteiger partial charge >= 0.3 is 0 Å². The summed E-state index contributed by atoms with van der Waals surface area (Å²) in [5.41, 5.74) is 8.24. The topological polar surface area (TPSA) is 66.6 Å². The van der Waals surface area contributed by atoms with Crippen LogP contribution in [0.1, 0.15) is 22.8 Å². The van der Waals surface area contributed by atoms with Gasteiger partial charge in [0.25, 0.3) is 5.91 Å². The molecular weight excluding hydrogens is 264 g/mol. The lowest BCUT2D eigenvalue weighted by atomic mass is 9.93. The fourth-order valence-corrected chi connectivity index (χ4v) is 2.87. The number of phenolic OH excluding ortho intramolecular Hbond substituents is 1. The highest BCUT2D eigenvalue weighted by atomic mass is 16.3. The van der Waals surface area contributed by atoms with Crippen LogP contribution in [0.15, 0.2) is 42.5 Å². The van der Waals surface area contributed by atoms with Gasteiger partial charge < -0.3 is 15.7 Å². The molecule has 1 aliphatic heterocycles. The first-order valence-electron chi connectivity index (χ1n) is 7.05. The van der Waals surface area contributed by atoms with E-state index < -0.39 is 0 Å². The predicted octanol–water partition coefficient (Wildman–Crippen LogP) is 2.81. The first kappa shape index (κ1) is 13.5. The van der Waals surface area contributed by atoms with Gasteiger partial charge in [-0.15, -0.1) is 0 Å². The molecular formula is C17H18N2O2. The molecule has 1 aliphatic rings. The molecule has 0 aromatic heterocycles. The van der Waals surface area contributed by atoms with Crippen molar-refractivity contribution >= 4 is 17.3 Å². The van der Waals surface area contributed by atoms with Crippen molar-refractivity contribution < 1.29 is 9.90 Å². The molecule has 1 heterocycles. The summed E-state index contributed by atoms with van der Waals surface area (Å²) in [6.45, 7) is 2.76. The lowest BCUT2D eigenvalue weighted by Crippen LogP contribution is -2.39. The Morgan fingerprint density at radius 2 is 2.00 bits per heavy atom. The summed E-state index contributed by atoms with van der Waals surface area (Å²) in [4.78, 5) is 14.5. The number of hydrogen-bond donors (Lipinski definition) is 2. The lowest BCUT2D eigenvalue weighted by Gasteiger charge is -2.33. The average molecular weight is 282 g/mol. The average Bonchev–Trinajstić information content (AvgIpc) is 2.48. The lowest BCUT2D eigenvalue weighted by molar-refractivity contribution is 0.0978. The van der Waals surface area contributed by atoms with Gasteiger partial charge in [-0.1, -0.05) is 31.2 Å². The summed E-state index contributed by atoms with van der Waals surface area (Å²) >= 11 is 0. The van der Waals surface area contributed by atoms with E-state index in [0.717, 1.165) is 17.7 Å². The highest BCUT2D eigenvalue weighted by Crippen LogP contribution is 2.33. The molecule has 0 radical (unpaired) electrons. The fraction of sp³-hybridized carbons (Fsp3) is 0.235. The largest absolute Gasteiger partial charge is 0.505 e. The van der Waals surface area contributed by atoms with E-state index in [-0.39, 0.29) is 22.9 Å². The van der Waals surface area contributed by atoms with Gasteiger partial charge in [0.1, 0.15) is 0 Å². The molecule has 0 aliphatic carbocycles. The molecule has 2 aromatic carbocycles. The smallest absolute Gasteiger partial charge is 0.262 e. The standard InChI is InChI=1S/C17H18N2O2/c1-11-9-12-5-2-3-8-15(12)19(10-11)17(21)13-6-4-7-14(18)16(13)20/h2-8,11,20H,9-10,18H2,1H3. The number of nitrogen functional groups attached to an aromatic ring is 1. The normalized spacial score (nSPS) is 17.4. The molecule has 21 heavy (non-hydrogen) atoms. The second kappa shape index (κ2) is 5.13. The summed E-state index contributed by atoms with van der Waals surface area (Å²) in [5.74, 6) is 0.0315. The summed E-state index contributed by atoms with van der Waals surface area (Å²) in [7, 11) is 0. The molecule has 0 saturated heterocycles. The van der Waals surface area contributed by atoms with Crippen LogP contribution < -0.4 is 10.6 Å². The van der Waals surface area contributed by atoms with E-state index in [0.29, 0.717) is 12.5 Å². The van der Waals surface area contributed by atoms with Crippen LogP contribution in [-0.4, -0.2) is 17.6 Å². The van der Waals surface area contributed by atoms with Crippen LogP contribution in [0, 0.1) is 5.92 Å². The van der Waals surface area contributed by atoms with Crippen molar-refractivity contribution in [2.45, 2.75) is 13.3 Å². The Labute approximate surface area is 123 Å². The number of nitrogens with two attached hydrogens (primary N) is 1. The summed E-state index contributed by atoms with van der Waals surface area (Å²) in [6, 6.07) is 12.8. The zero-order valence-electron chi connectivity index (χ0n) is 11.9. The molecule has 1 amide bonds. The maximum absolute atomic E-state index is 12.8. The Kier molecular flexibility index (Phi) is 3.29. The molecule has 4 nitrogen and oxygen atoms in total. The first-order valence-corrected chi connectivity index (χ1v) is 7.05. The van der Waals surface area contributed by atoms with E-state index >= 15 is 0 Å². The third-order valence-electron chi connectivity index (χ3n) is 3.89. The Bertz CT molecular complexity index is 697. The number of carbonyl (C=O) groups excluding carboxylic acids is 1. The van der Waals surface area contributed by atoms with Gasteiger partial charge in [0.05, 0.1) is 11.3 Å². The molecule has 0 bridgehead atoms. The molecule has 2 aromatic rings. The molecule has 1 unspecified atom stereocenters. The van der Waals surface area contributed by atoms with Crippen molar-refractivity contribution in [2.24, 2.45) is 5.92 Å². The minimum Gasteiger partial charge on any atom is -0.505 e. The molecule has 0 spiro atoms. The Balaban J connectivity index is 2.04. The van der Waals surface area contributed by atoms with Gasteiger partial charge in [0.15, 0.2) is 5.75 Å². The third-order valence-corrected chi connectivity index (χ3v) is 3.89. The number of benzene rings is 2. The van der Waals surface area contributed by atoms with Crippen molar-refractivity contribution in [3.8, 4) is 5.75 Å². The predicted molar refractivity (Wildman–Crippen MR) is 83.5 cm³/mol. The summed E-state index contributed by atoms with van der Waals surface area (Å²) in [5, 5.41) is 10.0. The molecule has 4 heteroatoms. The number of aromatic hydroxyl groups is 1. The van der Waals surface area contributed by atoms with Gasteiger partial charge in [-0.05, 0) is 36.1 Å². The number of carbonyl (C=O) groups is 1. The summed E-state index contributed by atoms with van der Waals surface area (Å²) in [6.07, 6.45) is 0.961. The highest BCUT2D eigenvalue weighted by molar-refractivity contribution is 6.09. The van der Waals surface area contributed by atoms with Gasteiger partial charge in [-0.25, -0.2) is 0 Å². The highest BCUT2D eigenvalue weighted by Gasteiger charge is 2.28. The SMILES string of the molecule is CC1Cc2ccccc2N(C(=O)c2cccc(N)c2O)C1. The van der Waals surface area contributed by atoms with Crippen molar-refractivity contribution in [3.05, 3.63) is 53.6 Å². The molecule has 0 saturated carbocycles. The minimum absolute atomic E-state index is 0.141. The zero-order valence-corrected chi connectivity index (χ0v) is 11.9. The number of para-hydroxylation sites is 2. The zero-order chi connectivity index (χ0) is 15.0. The number of fused-ring (bicyclic) bond motifs is 1. The van der Waals surface area contributed by atoms with E-state index in [4.69, 9.17) is 5.73 Å². The van der Waals surface area contributed by atoms with Crippen molar-refractivity contribution in [1.82, 2.24) is 0 Å². The molecule has 1 atom stereocenters. The van der Waals surface area contributed by atoms with Crippen LogP contribution in [0.25, 0.3) is 0 Å². The van der Waals surface area contributed by atoms with Crippen molar-refractivity contribution in [3.63, 3.8) is 0 Å². The Hall–Kier alpha value is -2.49. The van der Waals surface area contributed by atoms with Crippen molar-refractivity contribution in [1.29, 1.82) is 0 Å². The number of anilines is 2. The number of hydrogen-bond acceptors (Lipinski definition) is 3. The van der Waals surface area contributed by atoms with Crippen LogP contribution in [-0.2, 0) is 6.42 Å². The summed E-state index contributed by atoms with van der Waals surface area (Å²) < 4.78 is 0. The van der Waals surface area contributed by atoms with Crippen LogP contribution in [0.3, 0.4) is 0 Å². The second-order valence-corrected chi connectivity index (χ2v) is 5.60. The quantitative estimate of drug-likeness (QED) is 0.624. The van der Waals surface area contributed by atoms with Crippen molar-refractivity contribution in [2.75, 3.05) is 17.2 Å². The van der Waals surface area contributed by atoms with Crippen LogP contribution in [0.5, 0.6) is 5.75 Å². The minimum atomic E-state index is -0.209. The molecule has 0 fully saturated rings. The van der Waals surface area contributed by atoms with Gasteiger partial charge in [-0.2, -0.15) is 0 Å². The van der Waals surface area contributed by atoms with Crippen LogP contribution in [0.4, 0.5) is 11.4 Å². The third kappa shape index (κ3) is 2.33. The van der Waals surface area contributed by atoms with E-state index in [9.17, 15) is 9.90 Å². The number of nitrogens with zero attached hydrogens (tertiary/aromatic N) is 1. The Morgan fingerprint density at radius 3 is 2.81 bits per heavy atom. The van der Waals surface area contributed by atoms with Gasteiger partial charge in [0, 0.05) is 12.2 Å². The maximum atomic E-state index is 12.8. The van der Waals surface area contributed by atoms with Gasteiger partial charge in [0.2, 0.25) is 0 Å². The number of amides is 1. The molecule has 3 N–H and O–H groups in total. The van der Waals surface area contributed by atoms with E-state index in [1.807, 2.05) is 24.3 Å². The number of rotatable bonds is 1. The fourth-order valence-electron chi connectivity index (χ4n) is 2.87.